The number of rotatable bonds is 3. The lowest BCUT2D eigenvalue weighted by Gasteiger charge is -2.35. The van der Waals surface area contributed by atoms with Crippen LogP contribution < -0.4 is 5.32 Å². The molecule has 5 heteroatoms. The molecule has 18 heavy (non-hydrogen) atoms. The van der Waals surface area contributed by atoms with Crippen molar-refractivity contribution in [3.05, 3.63) is 34.9 Å². The van der Waals surface area contributed by atoms with Gasteiger partial charge in [-0.3, -0.25) is 9.69 Å². The highest BCUT2D eigenvalue weighted by atomic mass is 35.5. The zero-order chi connectivity index (χ0) is 13.0. The number of thioether (sulfide) groups is 1. The van der Waals surface area contributed by atoms with Crippen molar-refractivity contribution in [2.75, 3.05) is 31.6 Å². The Morgan fingerprint density at radius 2 is 2.22 bits per heavy atom. The molecule has 1 atom stereocenters. The molecule has 1 heterocycles. The Bertz CT molecular complexity index is 410. The number of carbonyl (C=O) groups excluding carboxylic acids is 1. The fraction of sp³-hybridized carbons (Fsp3) is 0.462. The smallest absolute Gasteiger partial charge is 0.233 e. The first-order valence-electron chi connectivity index (χ1n) is 5.98. The van der Waals surface area contributed by atoms with Crippen molar-refractivity contribution in [2.24, 2.45) is 0 Å². The maximum atomic E-state index is 11.5. The van der Waals surface area contributed by atoms with Crippen LogP contribution in [-0.2, 0) is 4.79 Å². The van der Waals surface area contributed by atoms with Gasteiger partial charge in [0.15, 0.2) is 0 Å². The number of hydrogen-bond donors (Lipinski definition) is 1. The summed E-state index contributed by atoms with van der Waals surface area (Å²) in [5, 5.41) is 3.43. The lowest BCUT2D eigenvalue weighted by Crippen LogP contribution is -2.42. The van der Waals surface area contributed by atoms with Crippen LogP contribution in [0.2, 0.25) is 5.02 Å². The summed E-state index contributed by atoms with van der Waals surface area (Å²) in [5.74, 6) is 2.18. The number of halogens is 1. The van der Waals surface area contributed by atoms with Crippen LogP contribution in [0.25, 0.3) is 0 Å². The molecule has 2 rings (SSSR count). The molecule has 0 saturated carbocycles. The second-order valence-corrected chi connectivity index (χ2v) is 5.87. The van der Waals surface area contributed by atoms with E-state index in [-0.39, 0.29) is 5.91 Å². The lowest BCUT2D eigenvalue weighted by molar-refractivity contribution is -0.122. The molecule has 1 amide bonds. The summed E-state index contributed by atoms with van der Waals surface area (Å²) in [6.45, 7) is 1.41. The summed E-state index contributed by atoms with van der Waals surface area (Å²) in [5.41, 5.74) is 1.23. The van der Waals surface area contributed by atoms with Crippen molar-refractivity contribution >= 4 is 29.3 Å². The van der Waals surface area contributed by atoms with E-state index < -0.39 is 0 Å². The number of hydrogen-bond acceptors (Lipinski definition) is 3. The van der Waals surface area contributed by atoms with Gasteiger partial charge in [-0.1, -0.05) is 23.7 Å². The molecule has 0 bridgehead atoms. The van der Waals surface area contributed by atoms with Crippen LogP contribution >= 0.6 is 23.4 Å². The predicted molar refractivity (Wildman–Crippen MR) is 77.2 cm³/mol. The average molecular weight is 285 g/mol. The number of carbonyl (C=O) groups is 1. The van der Waals surface area contributed by atoms with E-state index in [1.165, 1.54) is 5.56 Å². The third kappa shape index (κ3) is 3.40. The van der Waals surface area contributed by atoms with Crippen molar-refractivity contribution in [3.8, 4) is 0 Å². The van der Waals surface area contributed by atoms with Gasteiger partial charge in [-0.05, 0) is 17.7 Å². The predicted octanol–water partition coefficient (Wildman–Crippen LogP) is 2.18. The summed E-state index contributed by atoms with van der Waals surface area (Å²) in [7, 11) is 1.68. The summed E-state index contributed by atoms with van der Waals surface area (Å²) in [6, 6.07) is 8.23. The molecule has 1 aromatic rings. The SMILES string of the molecule is CNC(=O)CN1CCSCC1c1ccc(Cl)cc1. The van der Waals surface area contributed by atoms with Crippen molar-refractivity contribution < 1.29 is 4.79 Å². The number of nitrogens with one attached hydrogen (secondary N) is 1. The number of amides is 1. The fourth-order valence-electron chi connectivity index (χ4n) is 2.08. The van der Waals surface area contributed by atoms with E-state index in [2.05, 4.69) is 22.3 Å². The minimum absolute atomic E-state index is 0.0702. The van der Waals surface area contributed by atoms with E-state index in [9.17, 15) is 4.79 Å². The first-order chi connectivity index (χ1) is 8.70. The van der Waals surface area contributed by atoms with Crippen LogP contribution in [0.5, 0.6) is 0 Å². The van der Waals surface area contributed by atoms with E-state index in [0.717, 1.165) is 23.1 Å². The third-order valence-corrected chi connectivity index (χ3v) is 4.39. The Balaban J connectivity index is 2.12. The van der Waals surface area contributed by atoms with Crippen molar-refractivity contribution in [1.82, 2.24) is 10.2 Å². The Labute approximate surface area is 117 Å². The zero-order valence-electron chi connectivity index (χ0n) is 10.4. The summed E-state index contributed by atoms with van der Waals surface area (Å²) in [6.07, 6.45) is 0. The van der Waals surface area contributed by atoms with Crippen LogP contribution in [0, 0.1) is 0 Å². The van der Waals surface area contributed by atoms with Gasteiger partial charge in [-0.25, -0.2) is 0 Å². The first-order valence-corrected chi connectivity index (χ1v) is 7.52. The van der Waals surface area contributed by atoms with E-state index in [1.54, 1.807) is 7.05 Å². The molecule has 1 N–H and O–H groups in total. The molecular formula is C13H17ClN2OS. The second kappa shape index (κ2) is 6.45. The molecule has 1 saturated heterocycles. The molecule has 1 aromatic carbocycles. The minimum Gasteiger partial charge on any atom is -0.358 e. The molecule has 1 aliphatic heterocycles. The third-order valence-electron chi connectivity index (χ3n) is 3.12. The highest BCUT2D eigenvalue weighted by Crippen LogP contribution is 2.29. The second-order valence-electron chi connectivity index (χ2n) is 4.29. The number of nitrogens with zero attached hydrogens (tertiary/aromatic N) is 1. The van der Waals surface area contributed by atoms with Crippen LogP contribution in [0.1, 0.15) is 11.6 Å². The molecule has 1 unspecified atom stereocenters. The molecular weight excluding hydrogens is 268 g/mol. The summed E-state index contributed by atoms with van der Waals surface area (Å²) >= 11 is 7.84. The van der Waals surface area contributed by atoms with Crippen LogP contribution in [0.3, 0.4) is 0 Å². The van der Waals surface area contributed by atoms with Crippen LogP contribution in [0.4, 0.5) is 0 Å². The Morgan fingerprint density at radius 1 is 1.50 bits per heavy atom. The van der Waals surface area contributed by atoms with Gasteiger partial charge in [0.2, 0.25) is 5.91 Å². The van der Waals surface area contributed by atoms with Gasteiger partial charge in [0.1, 0.15) is 0 Å². The maximum absolute atomic E-state index is 11.5. The van der Waals surface area contributed by atoms with Gasteiger partial charge >= 0.3 is 0 Å². The van der Waals surface area contributed by atoms with E-state index in [4.69, 9.17) is 11.6 Å². The molecule has 0 aromatic heterocycles. The largest absolute Gasteiger partial charge is 0.358 e. The van der Waals surface area contributed by atoms with Crippen LogP contribution in [0.15, 0.2) is 24.3 Å². The van der Waals surface area contributed by atoms with Gasteiger partial charge in [0, 0.05) is 36.2 Å². The molecule has 0 spiro atoms. The van der Waals surface area contributed by atoms with Gasteiger partial charge in [-0.15, -0.1) is 0 Å². The topological polar surface area (TPSA) is 32.3 Å². The highest BCUT2D eigenvalue weighted by Gasteiger charge is 2.25. The molecule has 1 fully saturated rings. The van der Waals surface area contributed by atoms with E-state index >= 15 is 0 Å². The van der Waals surface area contributed by atoms with Crippen LogP contribution in [-0.4, -0.2) is 42.4 Å². The Hall–Kier alpha value is -0.710. The molecule has 98 valence electrons. The van der Waals surface area contributed by atoms with Gasteiger partial charge in [0.25, 0.3) is 0 Å². The van der Waals surface area contributed by atoms with E-state index in [0.29, 0.717) is 12.6 Å². The zero-order valence-corrected chi connectivity index (χ0v) is 11.9. The highest BCUT2D eigenvalue weighted by molar-refractivity contribution is 7.99. The Morgan fingerprint density at radius 3 is 2.89 bits per heavy atom. The van der Waals surface area contributed by atoms with E-state index in [1.807, 2.05) is 23.9 Å². The average Bonchev–Trinajstić information content (AvgIpc) is 2.40. The lowest BCUT2D eigenvalue weighted by atomic mass is 10.1. The normalized spacial score (nSPS) is 20.7. The Kier molecular flexibility index (Phi) is 4.92. The molecule has 0 aliphatic carbocycles. The van der Waals surface area contributed by atoms with Crippen molar-refractivity contribution in [2.45, 2.75) is 6.04 Å². The fourth-order valence-corrected chi connectivity index (χ4v) is 3.37. The monoisotopic (exact) mass is 284 g/mol. The standard InChI is InChI=1S/C13H17ClN2OS/c1-15-13(17)8-16-6-7-18-9-12(16)10-2-4-11(14)5-3-10/h2-5,12H,6-9H2,1H3,(H,15,17). The van der Waals surface area contributed by atoms with Gasteiger partial charge in [0.05, 0.1) is 6.54 Å². The maximum Gasteiger partial charge on any atom is 0.233 e. The van der Waals surface area contributed by atoms with Crippen molar-refractivity contribution in [3.63, 3.8) is 0 Å². The quantitative estimate of drug-likeness (QED) is 0.923. The minimum atomic E-state index is 0.0702. The first kappa shape index (κ1) is 13.7. The molecule has 3 nitrogen and oxygen atoms in total. The molecule has 1 aliphatic rings. The number of likely N-dealkylation sites (N-methyl/N-ethyl adjacent to an activating group) is 1. The van der Waals surface area contributed by atoms with Crippen molar-refractivity contribution in [1.29, 1.82) is 0 Å². The molecule has 0 radical (unpaired) electrons. The van der Waals surface area contributed by atoms with Gasteiger partial charge < -0.3 is 5.32 Å². The van der Waals surface area contributed by atoms with Gasteiger partial charge in [-0.2, -0.15) is 11.8 Å². The summed E-state index contributed by atoms with van der Waals surface area (Å²) in [4.78, 5) is 13.8. The summed E-state index contributed by atoms with van der Waals surface area (Å²) < 4.78 is 0. The number of benzene rings is 1.